The van der Waals surface area contributed by atoms with Crippen molar-refractivity contribution in [2.75, 3.05) is 12.4 Å². The van der Waals surface area contributed by atoms with Crippen molar-refractivity contribution in [2.45, 2.75) is 0 Å². The molecule has 0 saturated carbocycles. The number of anilines is 1. The fourth-order valence-corrected chi connectivity index (χ4v) is 2.96. The maximum atomic E-state index is 12.5. The Hall–Kier alpha value is -2.83. The molecule has 3 aromatic rings. The van der Waals surface area contributed by atoms with E-state index in [1.54, 1.807) is 42.5 Å². The maximum Gasteiger partial charge on any atom is 0.261 e. The lowest BCUT2D eigenvalue weighted by Crippen LogP contribution is -2.34. The summed E-state index contributed by atoms with van der Waals surface area (Å²) < 4.78 is 5.18. The van der Waals surface area contributed by atoms with Gasteiger partial charge in [-0.3, -0.25) is 10.1 Å². The molecule has 3 N–H and O–H groups in total. The van der Waals surface area contributed by atoms with Gasteiger partial charge in [0.1, 0.15) is 11.5 Å². The average Bonchev–Trinajstić information content (AvgIpc) is 2.62. The molecule has 3 rings (SSSR count). The number of rotatable bonds is 3. The molecule has 0 atom stereocenters. The van der Waals surface area contributed by atoms with E-state index in [0.717, 1.165) is 5.39 Å². The van der Waals surface area contributed by atoms with E-state index in [0.29, 0.717) is 21.8 Å². The van der Waals surface area contributed by atoms with E-state index in [-0.39, 0.29) is 16.4 Å². The Morgan fingerprint density at radius 2 is 1.85 bits per heavy atom. The van der Waals surface area contributed by atoms with Gasteiger partial charge < -0.3 is 15.2 Å². The van der Waals surface area contributed by atoms with Gasteiger partial charge in [0, 0.05) is 21.5 Å². The second-order valence-electron chi connectivity index (χ2n) is 5.43. The van der Waals surface area contributed by atoms with Gasteiger partial charge in [0.2, 0.25) is 0 Å². The molecule has 1 amide bonds. The molecule has 132 valence electrons. The number of ether oxygens (including phenoxy) is 1. The van der Waals surface area contributed by atoms with E-state index in [1.807, 2.05) is 6.07 Å². The Morgan fingerprint density at radius 1 is 1.12 bits per heavy atom. The molecule has 0 aliphatic carbocycles. The number of benzene rings is 3. The highest BCUT2D eigenvalue weighted by Gasteiger charge is 2.15. The number of nitrogens with one attached hydrogen (secondary N) is 2. The van der Waals surface area contributed by atoms with Gasteiger partial charge in [0.15, 0.2) is 5.11 Å². The van der Waals surface area contributed by atoms with E-state index >= 15 is 0 Å². The monoisotopic (exact) mass is 386 g/mol. The highest BCUT2D eigenvalue weighted by atomic mass is 35.5. The summed E-state index contributed by atoms with van der Waals surface area (Å²) in [6.07, 6.45) is 0. The van der Waals surface area contributed by atoms with Crippen LogP contribution in [-0.2, 0) is 0 Å². The van der Waals surface area contributed by atoms with Crippen molar-refractivity contribution in [2.24, 2.45) is 0 Å². The van der Waals surface area contributed by atoms with Crippen LogP contribution in [0.2, 0.25) is 5.02 Å². The first-order valence-corrected chi connectivity index (χ1v) is 8.45. The Kier molecular flexibility index (Phi) is 5.25. The Balaban J connectivity index is 1.81. The summed E-state index contributed by atoms with van der Waals surface area (Å²) in [6.45, 7) is 0. The van der Waals surface area contributed by atoms with Gasteiger partial charge in [0.25, 0.3) is 5.91 Å². The van der Waals surface area contributed by atoms with Crippen LogP contribution < -0.4 is 15.4 Å². The number of methoxy groups -OCH3 is 1. The summed E-state index contributed by atoms with van der Waals surface area (Å²) in [5, 5.41) is 17.5. The van der Waals surface area contributed by atoms with Gasteiger partial charge in [0.05, 0.1) is 12.7 Å². The molecule has 0 unspecified atom stereocenters. The minimum atomic E-state index is -0.440. The standard InChI is InChI=1S/C19H15ClN2O3S/c1-25-17-9-8-11(20)10-14(17)18(24)22-19(26)21-15-6-2-5-13-12(15)4-3-7-16(13)23/h2-10,23H,1H3,(H2,21,22,24,26). The minimum Gasteiger partial charge on any atom is -0.507 e. The van der Waals surface area contributed by atoms with Crippen LogP contribution in [0.4, 0.5) is 5.69 Å². The van der Waals surface area contributed by atoms with Crippen LogP contribution in [0.25, 0.3) is 10.8 Å². The number of fused-ring (bicyclic) bond motifs is 1. The number of phenols is 1. The molecule has 3 aromatic carbocycles. The number of carbonyl (C=O) groups is 1. The summed E-state index contributed by atoms with van der Waals surface area (Å²) in [6, 6.07) is 15.3. The summed E-state index contributed by atoms with van der Waals surface area (Å²) >= 11 is 11.2. The number of phenolic OH excluding ortho intramolecular Hbond substituents is 1. The topological polar surface area (TPSA) is 70.6 Å². The van der Waals surface area contributed by atoms with Crippen molar-refractivity contribution < 1.29 is 14.6 Å². The van der Waals surface area contributed by atoms with Crippen LogP contribution in [0.1, 0.15) is 10.4 Å². The smallest absolute Gasteiger partial charge is 0.261 e. The van der Waals surface area contributed by atoms with Crippen molar-refractivity contribution in [3.05, 3.63) is 65.2 Å². The SMILES string of the molecule is COc1ccc(Cl)cc1C(=O)NC(=S)Nc1cccc2c(O)cccc12. The van der Waals surface area contributed by atoms with Crippen LogP contribution in [0.15, 0.2) is 54.6 Å². The number of thiocarbonyl (C=S) groups is 1. The highest BCUT2D eigenvalue weighted by Crippen LogP contribution is 2.29. The fraction of sp³-hybridized carbons (Fsp3) is 0.0526. The summed E-state index contributed by atoms with van der Waals surface area (Å²) in [4.78, 5) is 12.5. The minimum absolute atomic E-state index is 0.118. The van der Waals surface area contributed by atoms with Gasteiger partial charge >= 0.3 is 0 Å². The van der Waals surface area contributed by atoms with Crippen molar-refractivity contribution in [3.63, 3.8) is 0 Å². The zero-order chi connectivity index (χ0) is 18.7. The highest BCUT2D eigenvalue weighted by molar-refractivity contribution is 7.80. The molecule has 0 heterocycles. The molecule has 0 aliphatic rings. The van der Waals surface area contributed by atoms with E-state index in [9.17, 15) is 9.90 Å². The predicted molar refractivity (Wildman–Crippen MR) is 107 cm³/mol. The number of hydrogen-bond donors (Lipinski definition) is 3. The summed E-state index contributed by atoms with van der Waals surface area (Å²) in [5.41, 5.74) is 0.946. The lowest BCUT2D eigenvalue weighted by atomic mass is 10.1. The van der Waals surface area contributed by atoms with Crippen LogP contribution >= 0.6 is 23.8 Å². The molecule has 0 radical (unpaired) electrons. The third-order valence-electron chi connectivity index (χ3n) is 3.78. The second kappa shape index (κ2) is 7.59. The Labute approximate surface area is 160 Å². The maximum absolute atomic E-state index is 12.5. The van der Waals surface area contributed by atoms with E-state index in [1.165, 1.54) is 13.2 Å². The van der Waals surface area contributed by atoms with Gasteiger partial charge in [-0.1, -0.05) is 35.9 Å². The van der Waals surface area contributed by atoms with E-state index in [4.69, 9.17) is 28.6 Å². The van der Waals surface area contributed by atoms with Crippen LogP contribution in [-0.4, -0.2) is 23.2 Å². The molecule has 26 heavy (non-hydrogen) atoms. The predicted octanol–water partition coefficient (Wildman–Crippen LogP) is 4.33. The first kappa shape index (κ1) is 18.0. The molecule has 0 fully saturated rings. The average molecular weight is 387 g/mol. The van der Waals surface area contributed by atoms with Crippen molar-refractivity contribution in [3.8, 4) is 11.5 Å². The van der Waals surface area contributed by atoms with Gasteiger partial charge in [-0.2, -0.15) is 0 Å². The normalized spacial score (nSPS) is 10.4. The first-order chi connectivity index (χ1) is 12.5. The number of aromatic hydroxyl groups is 1. The van der Waals surface area contributed by atoms with Crippen LogP contribution in [0.3, 0.4) is 0 Å². The molecule has 7 heteroatoms. The zero-order valence-electron chi connectivity index (χ0n) is 13.7. The zero-order valence-corrected chi connectivity index (χ0v) is 15.3. The number of carbonyl (C=O) groups excluding carboxylic acids is 1. The Morgan fingerprint density at radius 3 is 2.62 bits per heavy atom. The molecule has 0 bridgehead atoms. The van der Waals surface area contributed by atoms with Crippen LogP contribution in [0, 0.1) is 0 Å². The fourth-order valence-electron chi connectivity index (χ4n) is 2.58. The summed E-state index contributed by atoms with van der Waals surface area (Å²) in [5.74, 6) is 0.125. The number of halogens is 1. The second-order valence-corrected chi connectivity index (χ2v) is 6.28. The summed E-state index contributed by atoms with van der Waals surface area (Å²) in [7, 11) is 1.47. The first-order valence-electron chi connectivity index (χ1n) is 7.66. The van der Waals surface area contributed by atoms with Crippen molar-refractivity contribution in [1.29, 1.82) is 0 Å². The lowest BCUT2D eigenvalue weighted by Gasteiger charge is -2.13. The molecular weight excluding hydrogens is 372 g/mol. The molecular formula is C19H15ClN2O3S. The third kappa shape index (κ3) is 3.71. The third-order valence-corrected chi connectivity index (χ3v) is 4.22. The molecule has 0 aliphatic heterocycles. The molecule has 0 spiro atoms. The van der Waals surface area contributed by atoms with Gasteiger partial charge in [-0.25, -0.2) is 0 Å². The largest absolute Gasteiger partial charge is 0.507 e. The van der Waals surface area contributed by atoms with Crippen molar-refractivity contribution in [1.82, 2.24) is 5.32 Å². The Bertz CT molecular complexity index is 1010. The number of hydrogen-bond acceptors (Lipinski definition) is 4. The van der Waals surface area contributed by atoms with Gasteiger partial charge in [-0.05, 0) is 42.5 Å². The molecule has 5 nitrogen and oxygen atoms in total. The van der Waals surface area contributed by atoms with Crippen molar-refractivity contribution >= 4 is 51.3 Å². The van der Waals surface area contributed by atoms with Gasteiger partial charge in [-0.15, -0.1) is 0 Å². The van der Waals surface area contributed by atoms with E-state index < -0.39 is 5.91 Å². The molecule has 0 saturated heterocycles. The quantitative estimate of drug-likeness (QED) is 0.584. The van der Waals surface area contributed by atoms with Crippen LogP contribution in [0.5, 0.6) is 11.5 Å². The van der Waals surface area contributed by atoms with E-state index in [2.05, 4.69) is 10.6 Å². The number of amides is 1. The lowest BCUT2D eigenvalue weighted by molar-refractivity contribution is 0.0975. The molecule has 0 aromatic heterocycles.